The van der Waals surface area contributed by atoms with E-state index < -0.39 is 0 Å². The molecule has 0 atom stereocenters. The molecule has 0 spiro atoms. The van der Waals surface area contributed by atoms with Gasteiger partial charge in [-0.15, -0.1) is 10.2 Å². The molecule has 0 bridgehead atoms. The second-order valence-electron chi connectivity index (χ2n) is 7.67. The van der Waals surface area contributed by atoms with Crippen LogP contribution in [-0.2, 0) is 12.4 Å². The quantitative estimate of drug-likeness (QED) is 0.345. The van der Waals surface area contributed by atoms with Gasteiger partial charge in [-0.05, 0) is 74.7 Å². The monoisotopic (exact) mass is 434 g/mol. The molecule has 0 aliphatic heterocycles. The van der Waals surface area contributed by atoms with Crippen molar-refractivity contribution in [3.8, 4) is 11.4 Å². The highest BCUT2D eigenvalue weighted by molar-refractivity contribution is 7.98. The van der Waals surface area contributed by atoms with Crippen LogP contribution in [0.4, 0.5) is 0 Å². The molecule has 0 amide bonds. The highest BCUT2D eigenvalue weighted by Gasteiger charge is 2.12. The minimum absolute atomic E-state index is 0.268. The van der Waals surface area contributed by atoms with Gasteiger partial charge in [0.15, 0.2) is 5.82 Å². The molecule has 4 aromatic rings. The number of nitrogens with zero attached hydrogens (tertiary/aromatic N) is 5. The van der Waals surface area contributed by atoms with E-state index in [1.807, 2.05) is 37.6 Å². The first-order valence-corrected chi connectivity index (χ1v) is 11.0. The van der Waals surface area contributed by atoms with Crippen molar-refractivity contribution in [1.82, 2.24) is 24.7 Å². The molecule has 8 heteroatoms. The summed E-state index contributed by atoms with van der Waals surface area (Å²) in [6.07, 6.45) is 0. The lowest BCUT2D eigenvalue weighted by Crippen LogP contribution is -2.15. The van der Waals surface area contributed by atoms with Gasteiger partial charge in [0.2, 0.25) is 5.16 Å². The van der Waals surface area contributed by atoms with E-state index in [0.29, 0.717) is 11.0 Å². The van der Waals surface area contributed by atoms with Gasteiger partial charge < -0.3 is 10.6 Å². The second-order valence-corrected chi connectivity index (χ2v) is 8.62. The van der Waals surface area contributed by atoms with Crippen LogP contribution in [0.5, 0.6) is 5.75 Å². The van der Waals surface area contributed by atoms with Crippen molar-refractivity contribution in [1.29, 1.82) is 0 Å². The van der Waals surface area contributed by atoms with E-state index in [4.69, 9.17) is 10.6 Å². The molecule has 2 aromatic heterocycles. The zero-order valence-electron chi connectivity index (χ0n) is 18.2. The molecule has 31 heavy (non-hydrogen) atoms. The van der Waals surface area contributed by atoms with Gasteiger partial charge in [0, 0.05) is 11.4 Å². The van der Waals surface area contributed by atoms with Gasteiger partial charge in [0.25, 0.3) is 0 Å². The summed E-state index contributed by atoms with van der Waals surface area (Å²) in [6, 6.07) is 16.5. The number of benzene rings is 2. The number of thioether (sulfide) groups is 1. The molecule has 0 unspecified atom stereocenters. The Morgan fingerprint density at radius 2 is 1.65 bits per heavy atom. The normalized spacial score (nSPS) is 11.1. The summed E-state index contributed by atoms with van der Waals surface area (Å²) < 4.78 is 9.30. The molecule has 0 aliphatic carbocycles. The van der Waals surface area contributed by atoms with Crippen molar-refractivity contribution in [2.75, 3.05) is 5.84 Å². The number of aromatic nitrogens is 5. The Bertz CT molecular complexity index is 1180. The summed E-state index contributed by atoms with van der Waals surface area (Å²) in [7, 11) is 0. The Morgan fingerprint density at radius 3 is 2.29 bits per heavy atom. The first-order valence-electron chi connectivity index (χ1n) is 10.0. The van der Waals surface area contributed by atoms with Crippen molar-refractivity contribution in [3.63, 3.8) is 0 Å². The number of hydrogen-bond acceptors (Lipinski definition) is 6. The lowest BCUT2D eigenvalue weighted by atomic mass is 10.1. The first-order chi connectivity index (χ1) is 14.9. The molecule has 0 saturated carbocycles. The molecule has 0 radical (unpaired) electrons. The van der Waals surface area contributed by atoms with Gasteiger partial charge >= 0.3 is 0 Å². The SMILES string of the molecule is Cc1cc(C)cc(OCc2nnc(SCc3ccc(-n4nc(C)cc4C)cc3)n2N)c1. The largest absolute Gasteiger partial charge is 0.486 e. The maximum Gasteiger partial charge on any atom is 0.210 e. The summed E-state index contributed by atoms with van der Waals surface area (Å²) in [5, 5.41) is 13.6. The molecule has 2 N–H and O–H groups in total. The van der Waals surface area contributed by atoms with Gasteiger partial charge in [0.05, 0.1) is 11.4 Å². The van der Waals surface area contributed by atoms with Crippen LogP contribution in [0.25, 0.3) is 5.69 Å². The topological polar surface area (TPSA) is 83.8 Å². The summed E-state index contributed by atoms with van der Waals surface area (Å²) in [4.78, 5) is 0. The molecule has 4 rings (SSSR count). The predicted molar refractivity (Wildman–Crippen MR) is 123 cm³/mol. The Kier molecular flexibility index (Phi) is 5.99. The fourth-order valence-electron chi connectivity index (χ4n) is 3.44. The fraction of sp³-hybridized carbons (Fsp3) is 0.261. The number of rotatable bonds is 7. The highest BCUT2D eigenvalue weighted by atomic mass is 32.2. The Hall–Kier alpha value is -3.26. The average molecular weight is 435 g/mol. The minimum Gasteiger partial charge on any atom is -0.486 e. The van der Waals surface area contributed by atoms with Crippen molar-refractivity contribution in [2.45, 2.75) is 45.2 Å². The first kappa shape index (κ1) is 21.0. The molecule has 2 heterocycles. The minimum atomic E-state index is 0.268. The standard InChI is InChI=1S/C23H26N6OS/c1-15-9-16(2)11-21(10-15)30-13-22-25-26-23(28(22)24)31-14-19-5-7-20(8-6-19)29-18(4)12-17(3)27-29/h5-12H,13-14,24H2,1-4H3. The van der Waals surface area contributed by atoms with Gasteiger partial charge in [-0.1, -0.05) is 30.0 Å². The fourth-order valence-corrected chi connectivity index (χ4v) is 4.27. The molecular formula is C23H26N6OS. The molecule has 0 saturated heterocycles. The highest BCUT2D eigenvalue weighted by Crippen LogP contribution is 2.23. The zero-order valence-corrected chi connectivity index (χ0v) is 19.0. The lowest BCUT2D eigenvalue weighted by Gasteiger charge is -2.08. The molecule has 0 aliphatic rings. The van der Waals surface area contributed by atoms with Crippen molar-refractivity contribution in [3.05, 3.63) is 82.4 Å². The van der Waals surface area contributed by atoms with E-state index in [1.165, 1.54) is 10.2 Å². The maximum atomic E-state index is 6.19. The van der Waals surface area contributed by atoms with Crippen molar-refractivity contribution >= 4 is 11.8 Å². The Labute approximate surface area is 186 Å². The van der Waals surface area contributed by atoms with E-state index in [9.17, 15) is 0 Å². The van der Waals surface area contributed by atoms with E-state index in [1.54, 1.807) is 11.8 Å². The third-order valence-electron chi connectivity index (χ3n) is 4.86. The van der Waals surface area contributed by atoms with E-state index >= 15 is 0 Å². The molecule has 0 fully saturated rings. The third-order valence-corrected chi connectivity index (χ3v) is 5.87. The Morgan fingerprint density at radius 1 is 0.935 bits per heavy atom. The molecule has 2 aromatic carbocycles. The number of nitrogen functional groups attached to an aromatic ring is 1. The van der Waals surface area contributed by atoms with E-state index in [2.05, 4.69) is 58.6 Å². The van der Waals surface area contributed by atoms with Crippen LogP contribution in [0, 0.1) is 27.7 Å². The third kappa shape index (κ3) is 4.91. The van der Waals surface area contributed by atoms with Crippen LogP contribution in [0.3, 0.4) is 0 Å². The summed E-state index contributed by atoms with van der Waals surface area (Å²) >= 11 is 1.54. The van der Waals surface area contributed by atoms with Crippen LogP contribution >= 0.6 is 11.8 Å². The summed E-state index contributed by atoms with van der Waals surface area (Å²) in [6.45, 7) is 8.41. The summed E-state index contributed by atoms with van der Waals surface area (Å²) in [5.74, 6) is 8.32. The number of ether oxygens (including phenoxy) is 1. The van der Waals surface area contributed by atoms with Gasteiger partial charge in [0.1, 0.15) is 12.4 Å². The van der Waals surface area contributed by atoms with Crippen LogP contribution in [0.1, 0.15) is 33.9 Å². The van der Waals surface area contributed by atoms with Crippen molar-refractivity contribution < 1.29 is 4.74 Å². The van der Waals surface area contributed by atoms with Crippen LogP contribution in [-0.4, -0.2) is 24.7 Å². The molecule has 160 valence electrons. The van der Waals surface area contributed by atoms with Crippen LogP contribution < -0.4 is 10.6 Å². The smallest absolute Gasteiger partial charge is 0.210 e. The van der Waals surface area contributed by atoms with E-state index in [0.717, 1.165) is 39.7 Å². The second kappa shape index (κ2) is 8.85. The molecular weight excluding hydrogens is 408 g/mol. The number of nitrogens with two attached hydrogens (primary N) is 1. The van der Waals surface area contributed by atoms with Gasteiger partial charge in [-0.3, -0.25) is 0 Å². The number of aryl methyl sites for hydroxylation is 4. The Balaban J connectivity index is 1.37. The summed E-state index contributed by atoms with van der Waals surface area (Å²) in [5.41, 5.74) is 6.66. The van der Waals surface area contributed by atoms with Gasteiger partial charge in [-0.2, -0.15) is 5.10 Å². The maximum absolute atomic E-state index is 6.19. The van der Waals surface area contributed by atoms with Gasteiger partial charge in [-0.25, -0.2) is 9.36 Å². The van der Waals surface area contributed by atoms with Crippen LogP contribution in [0.2, 0.25) is 0 Å². The van der Waals surface area contributed by atoms with Crippen molar-refractivity contribution in [2.24, 2.45) is 0 Å². The number of hydrogen-bond donors (Lipinski definition) is 1. The zero-order chi connectivity index (χ0) is 22.0. The molecule has 7 nitrogen and oxygen atoms in total. The average Bonchev–Trinajstić information content (AvgIpc) is 3.25. The van der Waals surface area contributed by atoms with E-state index in [-0.39, 0.29) is 6.61 Å². The lowest BCUT2D eigenvalue weighted by molar-refractivity contribution is 0.291. The predicted octanol–water partition coefficient (Wildman–Crippen LogP) is 4.28. The van der Waals surface area contributed by atoms with Crippen LogP contribution in [0.15, 0.2) is 53.7 Å².